The monoisotopic (exact) mass is 429 g/mol. The Hall–Kier alpha value is -2.83. The van der Waals surface area contributed by atoms with E-state index < -0.39 is 29.5 Å². The average Bonchev–Trinajstić information content (AvgIpc) is 3.12. The third-order valence-electron chi connectivity index (χ3n) is 5.72. The summed E-state index contributed by atoms with van der Waals surface area (Å²) in [6.45, 7) is 11.1. The zero-order valence-electron chi connectivity index (χ0n) is 19.5. The van der Waals surface area contributed by atoms with Crippen LogP contribution in [0.5, 0.6) is 0 Å². The van der Waals surface area contributed by atoms with E-state index in [-0.39, 0.29) is 23.3 Å². The summed E-state index contributed by atoms with van der Waals surface area (Å²) in [6.07, 6.45) is 2.17. The van der Waals surface area contributed by atoms with Crippen molar-refractivity contribution in [1.29, 1.82) is 0 Å². The van der Waals surface area contributed by atoms with Gasteiger partial charge in [-0.05, 0) is 29.9 Å². The molecule has 2 rings (SSSR count). The number of benzene rings is 1. The summed E-state index contributed by atoms with van der Waals surface area (Å²) >= 11 is 0. The van der Waals surface area contributed by atoms with Crippen LogP contribution in [0.15, 0.2) is 35.9 Å². The largest absolute Gasteiger partial charge is 0.478 e. The molecule has 170 valence electrons. The lowest BCUT2D eigenvalue weighted by Crippen LogP contribution is -2.58. The minimum atomic E-state index is -1.01. The molecule has 1 aliphatic rings. The number of nitrogens with one attached hydrogen (secondary N) is 2. The van der Waals surface area contributed by atoms with Gasteiger partial charge in [-0.3, -0.25) is 9.59 Å². The maximum atomic E-state index is 13.5. The first-order valence-electron chi connectivity index (χ1n) is 10.7. The summed E-state index contributed by atoms with van der Waals surface area (Å²) in [5, 5.41) is 15.4. The highest BCUT2D eigenvalue weighted by atomic mass is 16.4. The molecular formula is C24H35N3O4. The maximum Gasteiger partial charge on any atom is 0.331 e. The van der Waals surface area contributed by atoms with Crippen LogP contribution in [0.25, 0.3) is 0 Å². The molecule has 0 radical (unpaired) electrons. The average molecular weight is 430 g/mol. The number of carboxylic acids is 1. The SMILES string of the molecule is C/C(=C\C(C(C)C)N(C)C(=O)C(NC(=O)[C@@H]1Cc2ccccc2N1)C(C)(C)C)C(=O)O. The Morgan fingerprint density at radius 3 is 2.35 bits per heavy atom. The molecule has 3 atom stereocenters. The fourth-order valence-corrected chi connectivity index (χ4v) is 3.78. The van der Waals surface area contributed by atoms with Crippen molar-refractivity contribution >= 4 is 23.5 Å². The fraction of sp³-hybridized carbons (Fsp3) is 0.542. The number of nitrogens with zero attached hydrogens (tertiary/aromatic N) is 1. The van der Waals surface area contributed by atoms with Gasteiger partial charge in [0.05, 0.1) is 6.04 Å². The highest BCUT2D eigenvalue weighted by Crippen LogP contribution is 2.27. The second-order valence-corrected chi connectivity index (χ2v) is 9.70. The summed E-state index contributed by atoms with van der Waals surface area (Å²) < 4.78 is 0. The molecule has 0 fully saturated rings. The lowest BCUT2D eigenvalue weighted by atomic mass is 9.85. The number of anilines is 1. The van der Waals surface area contributed by atoms with Gasteiger partial charge in [0.25, 0.3) is 0 Å². The molecule has 1 aliphatic heterocycles. The van der Waals surface area contributed by atoms with Crippen LogP contribution in [-0.4, -0.2) is 53.0 Å². The normalized spacial score (nSPS) is 18.1. The zero-order valence-corrected chi connectivity index (χ0v) is 19.5. The van der Waals surface area contributed by atoms with Gasteiger partial charge in [0.15, 0.2) is 0 Å². The van der Waals surface area contributed by atoms with Gasteiger partial charge in [-0.1, -0.05) is 58.9 Å². The molecule has 2 amide bonds. The fourth-order valence-electron chi connectivity index (χ4n) is 3.78. The van der Waals surface area contributed by atoms with Crippen LogP contribution >= 0.6 is 0 Å². The Morgan fingerprint density at radius 2 is 1.84 bits per heavy atom. The van der Waals surface area contributed by atoms with Gasteiger partial charge in [0.1, 0.15) is 12.1 Å². The quantitative estimate of drug-likeness (QED) is 0.579. The number of carbonyl (C=O) groups is 3. The molecule has 0 saturated carbocycles. The third kappa shape index (κ3) is 5.87. The lowest BCUT2D eigenvalue weighted by Gasteiger charge is -2.37. The van der Waals surface area contributed by atoms with E-state index in [0.29, 0.717) is 6.42 Å². The van der Waals surface area contributed by atoms with Crippen LogP contribution in [0.2, 0.25) is 0 Å². The van der Waals surface area contributed by atoms with E-state index in [4.69, 9.17) is 0 Å². The van der Waals surface area contributed by atoms with Crippen molar-refractivity contribution in [2.75, 3.05) is 12.4 Å². The smallest absolute Gasteiger partial charge is 0.331 e. The molecule has 0 aromatic heterocycles. The van der Waals surface area contributed by atoms with E-state index >= 15 is 0 Å². The van der Waals surface area contributed by atoms with Crippen molar-refractivity contribution in [2.45, 2.75) is 66.1 Å². The third-order valence-corrected chi connectivity index (χ3v) is 5.72. The van der Waals surface area contributed by atoms with E-state index in [1.54, 1.807) is 18.0 Å². The molecule has 1 aromatic rings. The molecule has 0 saturated heterocycles. The van der Waals surface area contributed by atoms with Crippen LogP contribution < -0.4 is 10.6 Å². The standard InChI is InChI=1S/C24H35N3O4/c1-14(2)19(12-15(3)23(30)31)27(7)22(29)20(24(4,5)6)26-21(28)18-13-16-10-8-9-11-17(16)25-18/h8-12,14,18-20,25H,13H2,1-7H3,(H,26,28)(H,30,31)/b15-12+/t18-,19?,20?/m0/s1. The first-order chi connectivity index (χ1) is 14.3. The zero-order chi connectivity index (χ0) is 23.5. The van der Waals surface area contributed by atoms with Crippen LogP contribution in [0.4, 0.5) is 5.69 Å². The highest BCUT2D eigenvalue weighted by molar-refractivity contribution is 5.93. The minimum absolute atomic E-state index is 0.00516. The van der Waals surface area contributed by atoms with Gasteiger partial charge in [0.2, 0.25) is 11.8 Å². The van der Waals surface area contributed by atoms with Gasteiger partial charge in [0, 0.05) is 24.7 Å². The number of amides is 2. The van der Waals surface area contributed by atoms with Gasteiger partial charge >= 0.3 is 5.97 Å². The van der Waals surface area contributed by atoms with E-state index in [9.17, 15) is 19.5 Å². The van der Waals surface area contributed by atoms with Gasteiger partial charge in [-0.25, -0.2) is 4.79 Å². The topological polar surface area (TPSA) is 98.7 Å². The predicted molar refractivity (Wildman–Crippen MR) is 122 cm³/mol. The number of likely N-dealkylation sites (N-methyl/N-ethyl adjacent to an activating group) is 1. The summed E-state index contributed by atoms with van der Waals surface area (Å²) in [7, 11) is 1.66. The first kappa shape index (κ1) is 24.4. The molecular weight excluding hydrogens is 394 g/mol. The number of aliphatic carboxylic acids is 1. The Morgan fingerprint density at radius 1 is 1.23 bits per heavy atom. The Balaban J connectivity index is 2.21. The Bertz CT molecular complexity index is 845. The van der Waals surface area contributed by atoms with Crippen molar-refractivity contribution in [3.8, 4) is 0 Å². The molecule has 1 aromatic carbocycles. The van der Waals surface area contributed by atoms with Crippen molar-refractivity contribution in [3.63, 3.8) is 0 Å². The molecule has 0 bridgehead atoms. The first-order valence-corrected chi connectivity index (χ1v) is 10.7. The molecule has 0 spiro atoms. The molecule has 31 heavy (non-hydrogen) atoms. The van der Waals surface area contributed by atoms with Crippen LogP contribution in [0, 0.1) is 11.3 Å². The number of rotatable bonds is 7. The lowest BCUT2D eigenvalue weighted by molar-refractivity contribution is -0.140. The van der Waals surface area contributed by atoms with Gasteiger partial charge in [-0.2, -0.15) is 0 Å². The predicted octanol–water partition coefficient (Wildman–Crippen LogP) is 3.07. The minimum Gasteiger partial charge on any atom is -0.478 e. The summed E-state index contributed by atoms with van der Waals surface area (Å²) in [4.78, 5) is 39.3. The van der Waals surface area contributed by atoms with Gasteiger partial charge in [-0.15, -0.1) is 0 Å². The van der Waals surface area contributed by atoms with Crippen LogP contribution in [0.1, 0.15) is 47.1 Å². The van der Waals surface area contributed by atoms with E-state index in [2.05, 4.69) is 10.6 Å². The molecule has 1 heterocycles. The number of hydrogen-bond donors (Lipinski definition) is 3. The summed E-state index contributed by atoms with van der Waals surface area (Å²) in [6, 6.07) is 6.19. The summed E-state index contributed by atoms with van der Waals surface area (Å²) in [5.74, 6) is -1.48. The van der Waals surface area contributed by atoms with Crippen molar-refractivity contribution in [2.24, 2.45) is 11.3 Å². The molecule has 0 aliphatic carbocycles. The number of carboxylic acid groups (broad SMARTS) is 1. The van der Waals surface area contributed by atoms with Crippen molar-refractivity contribution in [3.05, 3.63) is 41.5 Å². The van der Waals surface area contributed by atoms with Crippen LogP contribution in [0.3, 0.4) is 0 Å². The number of hydrogen-bond acceptors (Lipinski definition) is 4. The van der Waals surface area contributed by atoms with Crippen molar-refractivity contribution in [1.82, 2.24) is 10.2 Å². The van der Waals surface area contributed by atoms with E-state index in [1.807, 2.05) is 58.9 Å². The second kappa shape index (κ2) is 9.54. The van der Waals surface area contributed by atoms with Gasteiger partial charge < -0.3 is 20.6 Å². The maximum absolute atomic E-state index is 13.5. The molecule has 2 unspecified atom stereocenters. The number of carbonyl (C=O) groups excluding carboxylic acids is 2. The number of fused-ring (bicyclic) bond motifs is 1. The van der Waals surface area contributed by atoms with Crippen LogP contribution in [-0.2, 0) is 20.8 Å². The van der Waals surface area contributed by atoms with Crippen molar-refractivity contribution < 1.29 is 19.5 Å². The molecule has 7 nitrogen and oxygen atoms in total. The highest BCUT2D eigenvalue weighted by Gasteiger charge is 2.39. The van der Waals surface area contributed by atoms with E-state index in [1.165, 1.54) is 6.92 Å². The molecule has 3 N–H and O–H groups in total. The Kier molecular flexibility index (Phi) is 7.52. The summed E-state index contributed by atoms with van der Waals surface area (Å²) in [5.41, 5.74) is 1.67. The molecule has 7 heteroatoms. The van der Waals surface area contributed by atoms with E-state index in [0.717, 1.165) is 11.3 Å². The second-order valence-electron chi connectivity index (χ2n) is 9.70. The number of para-hydroxylation sites is 1. The Labute approximate surface area is 184 Å².